The second-order valence-electron chi connectivity index (χ2n) is 6.57. The minimum Gasteiger partial charge on any atom is -0.398 e. The average Bonchev–Trinajstić information content (AvgIpc) is 2.99. The van der Waals surface area contributed by atoms with E-state index in [9.17, 15) is 0 Å². The minimum absolute atomic E-state index is 0.131. The Kier molecular flexibility index (Phi) is 3.86. The predicted molar refractivity (Wildman–Crippen MR) is 95.4 cm³/mol. The Balaban J connectivity index is 1.91. The number of aromatic nitrogens is 3. The summed E-state index contributed by atoms with van der Waals surface area (Å²) in [6.45, 7) is 6.58. The molecule has 0 aliphatic heterocycles. The van der Waals surface area contributed by atoms with Crippen LogP contribution in [0.4, 0.5) is 5.69 Å². The van der Waals surface area contributed by atoms with Crippen LogP contribution in [-0.4, -0.2) is 15.2 Å². The molecule has 0 aliphatic rings. The van der Waals surface area contributed by atoms with Crippen LogP contribution < -0.4 is 5.73 Å². The monoisotopic (exact) mass is 326 g/mol. The maximum absolute atomic E-state index is 5.95. The Morgan fingerprint density at radius 1 is 1.00 bits per heavy atom. The quantitative estimate of drug-likeness (QED) is 0.672. The Bertz CT molecular complexity index is 829. The third-order valence-corrected chi connectivity index (χ3v) is 4.11. The fourth-order valence-corrected chi connectivity index (χ4v) is 2.45. The van der Waals surface area contributed by atoms with Crippen LogP contribution in [0.3, 0.4) is 0 Å². The van der Waals surface area contributed by atoms with E-state index in [1.807, 2.05) is 6.07 Å². The first-order valence-corrected chi connectivity index (χ1v) is 7.81. The summed E-state index contributed by atoms with van der Waals surface area (Å²) >= 11 is 5.95. The fraction of sp³-hybridized carbons (Fsp3) is 0.222. The lowest BCUT2D eigenvalue weighted by Gasteiger charge is -2.18. The highest BCUT2D eigenvalue weighted by atomic mass is 35.5. The van der Waals surface area contributed by atoms with Crippen molar-refractivity contribution in [3.05, 3.63) is 53.1 Å². The van der Waals surface area contributed by atoms with E-state index in [1.165, 1.54) is 5.56 Å². The Morgan fingerprint density at radius 3 is 2.26 bits per heavy atom. The number of hydrogen-bond donors (Lipinski definition) is 2. The molecule has 0 atom stereocenters. The summed E-state index contributed by atoms with van der Waals surface area (Å²) < 4.78 is 0. The number of benzene rings is 2. The summed E-state index contributed by atoms with van der Waals surface area (Å²) in [5.74, 6) is 1.33. The molecule has 4 nitrogen and oxygen atoms in total. The molecule has 0 fully saturated rings. The van der Waals surface area contributed by atoms with Gasteiger partial charge in [-0.25, -0.2) is 4.98 Å². The molecule has 0 bridgehead atoms. The number of halogens is 1. The van der Waals surface area contributed by atoms with Crippen LogP contribution in [-0.2, 0) is 5.41 Å². The van der Waals surface area contributed by atoms with Crippen molar-refractivity contribution >= 4 is 17.3 Å². The van der Waals surface area contributed by atoms with Gasteiger partial charge in [-0.2, -0.15) is 5.10 Å². The summed E-state index contributed by atoms with van der Waals surface area (Å²) in [4.78, 5) is 4.55. The molecule has 0 spiro atoms. The summed E-state index contributed by atoms with van der Waals surface area (Å²) in [6.07, 6.45) is 0. The number of nitrogens with zero attached hydrogens (tertiary/aromatic N) is 2. The molecule has 0 saturated carbocycles. The van der Waals surface area contributed by atoms with Gasteiger partial charge < -0.3 is 5.73 Å². The van der Waals surface area contributed by atoms with Gasteiger partial charge in [0.05, 0.1) is 10.7 Å². The van der Waals surface area contributed by atoms with Crippen LogP contribution >= 0.6 is 11.6 Å². The van der Waals surface area contributed by atoms with Crippen molar-refractivity contribution < 1.29 is 0 Å². The zero-order valence-electron chi connectivity index (χ0n) is 13.4. The fourth-order valence-electron chi connectivity index (χ4n) is 2.33. The van der Waals surface area contributed by atoms with Crippen molar-refractivity contribution in [1.29, 1.82) is 0 Å². The third kappa shape index (κ3) is 3.22. The van der Waals surface area contributed by atoms with Crippen molar-refractivity contribution in [3.8, 4) is 22.8 Å². The molecule has 3 aromatic rings. The van der Waals surface area contributed by atoms with E-state index in [0.29, 0.717) is 16.5 Å². The van der Waals surface area contributed by atoms with Crippen LogP contribution in [0.5, 0.6) is 0 Å². The highest BCUT2D eigenvalue weighted by Crippen LogP contribution is 2.27. The molecule has 23 heavy (non-hydrogen) atoms. The lowest BCUT2D eigenvalue weighted by molar-refractivity contribution is 0.590. The van der Waals surface area contributed by atoms with Gasteiger partial charge in [0.15, 0.2) is 11.6 Å². The van der Waals surface area contributed by atoms with Crippen molar-refractivity contribution in [1.82, 2.24) is 15.2 Å². The average molecular weight is 327 g/mol. The normalized spacial score (nSPS) is 11.7. The van der Waals surface area contributed by atoms with E-state index in [2.05, 4.69) is 60.2 Å². The van der Waals surface area contributed by atoms with Gasteiger partial charge in [-0.1, -0.05) is 56.6 Å². The molecule has 0 saturated heterocycles. The molecular formula is C18H19ClN4. The molecule has 0 unspecified atom stereocenters. The molecule has 118 valence electrons. The van der Waals surface area contributed by atoms with Gasteiger partial charge in [0.25, 0.3) is 0 Å². The molecule has 1 heterocycles. The van der Waals surface area contributed by atoms with Gasteiger partial charge in [-0.15, -0.1) is 0 Å². The number of nitrogen functional groups attached to an aromatic ring is 1. The Hall–Kier alpha value is -2.33. The van der Waals surface area contributed by atoms with Crippen LogP contribution in [0, 0.1) is 0 Å². The van der Waals surface area contributed by atoms with E-state index in [1.54, 1.807) is 12.1 Å². The lowest BCUT2D eigenvalue weighted by atomic mass is 9.87. The lowest BCUT2D eigenvalue weighted by Crippen LogP contribution is -2.10. The zero-order valence-corrected chi connectivity index (χ0v) is 14.1. The Morgan fingerprint density at radius 2 is 1.65 bits per heavy atom. The summed E-state index contributed by atoms with van der Waals surface area (Å²) in [7, 11) is 0. The van der Waals surface area contributed by atoms with Crippen molar-refractivity contribution in [2.75, 3.05) is 5.73 Å². The number of rotatable bonds is 2. The van der Waals surface area contributed by atoms with Gasteiger partial charge in [-0.3, -0.25) is 5.10 Å². The van der Waals surface area contributed by atoms with E-state index in [4.69, 9.17) is 17.3 Å². The molecular weight excluding hydrogens is 308 g/mol. The number of aromatic amines is 1. The summed E-state index contributed by atoms with van der Waals surface area (Å²) in [5.41, 5.74) is 9.60. The first-order valence-electron chi connectivity index (χ1n) is 7.43. The maximum atomic E-state index is 5.95. The molecule has 2 aromatic carbocycles. The van der Waals surface area contributed by atoms with Crippen LogP contribution in [0.15, 0.2) is 42.5 Å². The molecule has 5 heteroatoms. The summed E-state index contributed by atoms with van der Waals surface area (Å²) in [5, 5.41) is 7.78. The molecule has 3 rings (SSSR count). The molecule has 0 radical (unpaired) electrons. The summed E-state index contributed by atoms with van der Waals surface area (Å²) in [6, 6.07) is 13.7. The standard InChI is InChI=1S/C18H19ClN4/c1-18(2,3)13-7-4-11(5-8-13)16-21-17(23-22-16)12-6-9-14(19)15(20)10-12/h4-10H,20H2,1-3H3,(H,21,22,23). The topological polar surface area (TPSA) is 67.6 Å². The van der Waals surface area contributed by atoms with Gasteiger partial charge in [0.1, 0.15) is 0 Å². The predicted octanol–water partition coefficient (Wildman–Crippen LogP) is 4.67. The largest absolute Gasteiger partial charge is 0.398 e. The first-order chi connectivity index (χ1) is 10.8. The van der Waals surface area contributed by atoms with E-state index < -0.39 is 0 Å². The van der Waals surface area contributed by atoms with E-state index >= 15 is 0 Å². The zero-order chi connectivity index (χ0) is 16.6. The Labute approximate surface area is 140 Å². The molecule has 0 aliphatic carbocycles. The number of H-pyrrole nitrogens is 1. The first kappa shape index (κ1) is 15.6. The highest BCUT2D eigenvalue weighted by Gasteiger charge is 2.14. The van der Waals surface area contributed by atoms with Crippen LogP contribution in [0.25, 0.3) is 22.8 Å². The molecule has 0 amide bonds. The van der Waals surface area contributed by atoms with Crippen molar-refractivity contribution in [2.45, 2.75) is 26.2 Å². The SMILES string of the molecule is CC(C)(C)c1ccc(-c2nc(-c3ccc(Cl)c(N)c3)n[nH]2)cc1. The third-order valence-electron chi connectivity index (χ3n) is 3.76. The molecule has 1 aromatic heterocycles. The highest BCUT2D eigenvalue weighted by molar-refractivity contribution is 6.33. The minimum atomic E-state index is 0.131. The number of hydrogen-bond acceptors (Lipinski definition) is 3. The van der Waals surface area contributed by atoms with Gasteiger partial charge >= 0.3 is 0 Å². The van der Waals surface area contributed by atoms with Crippen molar-refractivity contribution in [2.24, 2.45) is 0 Å². The smallest absolute Gasteiger partial charge is 0.181 e. The van der Waals surface area contributed by atoms with Gasteiger partial charge in [0, 0.05) is 11.1 Å². The van der Waals surface area contributed by atoms with E-state index in [-0.39, 0.29) is 5.41 Å². The van der Waals surface area contributed by atoms with Crippen molar-refractivity contribution in [3.63, 3.8) is 0 Å². The second kappa shape index (κ2) is 5.70. The maximum Gasteiger partial charge on any atom is 0.181 e. The van der Waals surface area contributed by atoms with Gasteiger partial charge in [-0.05, 0) is 29.2 Å². The van der Waals surface area contributed by atoms with Crippen LogP contribution in [0.1, 0.15) is 26.3 Å². The number of nitrogens with one attached hydrogen (secondary N) is 1. The van der Waals surface area contributed by atoms with Gasteiger partial charge in [0.2, 0.25) is 0 Å². The van der Waals surface area contributed by atoms with E-state index in [0.717, 1.165) is 17.0 Å². The number of anilines is 1. The van der Waals surface area contributed by atoms with Crippen LogP contribution in [0.2, 0.25) is 5.02 Å². The number of nitrogens with two attached hydrogens (primary N) is 1. The molecule has 3 N–H and O–H groups in total. The second-order valence-corrected chi connectivity index (χ2v) is 6.98.